The number of hydrogen-bond acceptors (Lipinski definition) is 5. The van der Waals surface area contributed by atoms with Crippen molar-refractivity contribution in [1.29, 1.82) is 0 Å². The van der Waals surface area contributed by atoms with Crippen LogP contribution >= 0.6 is 0 Å². The van der Waals surface area contributed by atoms with Gasteiger partial charge in [0.1, 0.15) is 0 Å². The molecule has 0 aliphatic rings. The third-order valence-electron chi connectivity index (χ3n) is 1.48. The molecule has 0 saturated heterocycles. The van der Waals surface area contributed by atoms with Crippen molar-refractivity contribution in [2.24, 2.45) is 0 Å². The monoisotopic (exact) mass is 198 g/mol. The molecule has 77 valence electrons. The van der Waals surface area contributed by atoms with Gasteiger partial charge in [-0.1, -0.05) is 0 Å². The summed E-state index contributed by atoms with van der Waals surface area (Å²) in [5, 5.41) is 13.0. The lowest BCUT2D eigenvalue weighted by molar-refractivity contribution is 0.206. The first-order chi connectivity index (χ1) is 6.80. The molecule has 0 aromatic carbocycles. The zero-order valence-corrected chi connectivity index (χ0v) is 8.11. The second kappa shape index (κ2) is 5.23. The summed E-state index contributed by atoms with van der Waals surface area (Å²) in [6.07, 6.45) is 0. The second-order valence-corrected chi connectivity index (χ2v) is 2.41. The molecule has 1 radical (unpaired) electrons. The predicted molar refractivity (Wildman–Crippen MR) is 49.2 cm³/mol. The fourth-order valence-corrected chi connectivity index (χ4v) is 0.855. The number of nitrogens with one attached hydrogen (secondary N) is 1. The maximum atomic E-state index is 10.2. The largest absolute Gasteiger partial charge is 0.481 e. The summed E-state index contributed by atoms with van der Waals surface area (Å²) in [5.41, 5.74) is 0. The van der Waals surface area contributed by atoms with Gasteiger partial charge in [-0.05, 0) is 0 Å². The lowest BCUT2D eigenvalue weighted by atomic mass is 10.6. The van der Waals surface area contributed by atoms with Gasteiger partial charge in [0.25, 0.3) is 0 Å². The van der Waals surface area contributed by atoms with Crippen LogP contribution < -0.4 is 14.8 Å². The van der Waals surface area contributed by atoms with Gasteiger partial charge >= 0.3 is 0 Å². The summed E-state index contributed by atoms with van der Waals surface area (Å²) in [5.74, 6) is 1.12. The van der Waals surface area contributed by atoms with E-state index in [-0.39, 0.29) is 13.2 Å². The zero-order valence-electron chi connectivity index (χ0n) is 8.11. The van der Waals surface area contributed by atoms with E-state index < -0.39 is 0 Å². The minimum absolute atomic E-state index is 0.233. The average Bonchev–Trinajstić information content (AvgIpc) is 2.25. The first-order valence-corrected chi connectivity index (χ1v) is 4.09. The summed E-state index contributed by atoms with van der Waals surface area (Å²) in [7, 11) is 3.00. The van der Waals surface area contributed by atoms with Crippen molar-refractivity contribution in [3.05, 3.63) is 6.07 Å². The molecule has 0 unspecified atom stereocenters. The van der Waals surface area contributed by atoms with Gasteiger partial charge in [-0.3, -0.25) is 0 Å². The van der Waals surface area contributed by atoms with Crippen LogP contribution in [0.15, 0.2) is 6.07 Å². The number of rotatable bonds is 5. The third-order valence-corrected chi connectivity index (χ3v) is 1.48. The molecule has 0 atom stereocenters. The number of hydrogen-bond donors (Lipinski definition) is 1. The number of nitrogens with zero attached hydrogens (tertiary/aromatic N) is 2. The van der Waals surface area contributed by atoms with Crippen LogP contribution in [0, 0.1) is 0 Å². The molecule has 1 heterocycles. The first-order valence-electron chi connectivity index (χ1n) is 4.09. The second-order valence-electron chi connectivity index (χ2n) is 2.41. The number of aromatic nitrogens is 2. The quantitative estimate of drug-likeness (QED) is 0.738. The molecular formula is C8H12N3O3. The minimum Gasteiger partial charge on any atom is -0.481 e. The van der Waals surface area contributed by atoms with Crippen molar-refractivity contribution in [1.82, 2.24) is 9.97 Å². The van der Waals surface area contributed by atoms with E-state index in [1.54, 1.807) is 6.07 Å². The zero-order chi connectivity index (χ0) is 10.4. The van der Waals surface area contributed by atoms with E-state index in [4.69, 9.17) is 9.47 Å². The van der Waals surface area contributed by atoms with Crippen LogP contribution in [0.5, 0.6) is 11.8 Å². The number of methoxy groups -OCH3 is 2. The van der Waals surface area contributed by atoms with E-state index in [2.05, 4.69) is 15.3 Å². The molecule has 6 heteroatoms. The van der Waals surface area contributed by atoms with E-state index in [9.17, 15) is 5.11 Å². The number of ether oxygens (including phenoxy) is 2. The van der Waals surface area contributed by atoms with Crippen molar-refractivity contribution in [2.45, 2.75) is 0 Å². The van der Waals surface area contributed by atoms with Gasteiger partial charge in [0, 0.05) is 6.54 Å². The van der Waals surface area contributed by atoms with Crippen molar-refractivity contribution < 1.29 is 14.6 Å². The SMILES string of the molecule is COc1cc(OC)nc(NCC[O])n1. The molecule has 0 bridgehead atoms. The molecule has 1 rings (SSSR count). The van der Waals surface area contributed by atoms with E-state index in [0.717, 1.165) is 0 Å². The third kappa shape index (κ3) is 2.74. The molecular weight excluding hydrogens is 186 g/mol. The van der Waals surface area contributed by atoms with Crippen LogP contribution in [0.4, 0.5) is 5.95 Å². The molecule has 0 saturated carbocycles. The molecule has 0 fully saturated rings. The van der Waals surface area contributed by atoms with Crippen LogP contribution in [0.3, 0.4) is 0 Å². The smallest absolute Gasteiger partial charge is 0.229 e. The normalized spacial score (nSPS) is 9.64. The minimum atomic E-state index is -0.233. The van der Waals surface area contributed by atoms with Crippen molar-refractivity contribution in [2.75, 3.05) is 32.7 Å². The van der Waals surface area contributed by atoms with Gasteiger partial charge < -0.3 is 14.8 Å². The Morgan fingerprint density at radius 3 is 2.29 bits per heavy atom. The standard InChI is InChI=1S/C8H12N3O3/c1-13-6-5-7(14-2)11-8(10-6)9-3-4-12/h5H,3-4H2,1-2H3,(H,9,10,11). The van der Waals surface area contributed by atoms with E-state index >= 15 is 0 Å². The summed E-state index contributed by atoms with van der Waals surface area (Å²) in [6, 6.07) is 1.56. The summed E-state index contributed by atoms with van der Waals surface area (Å²) in [6.45, 7) is 0.0409. The molecule has 0 aliphatic heterocycles. The van der Waals surface area contributed by atoms with Crippen molar-refractivity contribution in [3.63, 3.8) is 0 Å². The highest BCUT2D eigenvalue weighted by molar-refractivity contribution is 5.33. The molecule has 1 aromatic rings. The van der Waals surface area contributed by atoms with Crippen molar-refractivity contribution >= 4 is 5.95 Å². The Balaban J connectivity index is 2.81. The van der Waals surface area contributed by atoms with Gasteiger partial charge in [0.05, 0.1) is 26.9 Å². The van der Waals surface area contributed by atoms with Crippen LogP contribution in [0.1, 0.15) is 0 Å². The first kappa shape index (κ1) is 10.5. The Morgan fingerprint density at radius 2 is 1.86 bits per heavy atom. The highest BCUT2D eigenvalue weighted by Crippen LogP contribution is 2.16. The Morgan fingerprint density at radius 1 is 1.29 bits per heavy atom. The van der Waals surface area contributed by atoms with Gasteiger partial charge in [0.2, 0.25) is 17.7 Å². The summed E-state index contributed by atoms with van der Waals surface area (Å²) < 4.78 is 9.86. The average molecular weight is 198 g/mol. The molecule has 1 N–H and O–H groups in total. The Bertz CT molecular complexity index is 271. The summed E-state index contributed by atoms with van der Waals surface area (Å²) in [4.78, 5) is 7.95. The highest BCUT2D eigenvalue weighted by Gasteiger charge is 2.03. The lowest BCUT2D eigenvalue weighted by Gasteiger charge is -2.06. The van der Waals surface area contributed by atoms with Crippen LogP contribution in [0.2, 0.25) is 0 Å². The molecule has 1 aromatic heterocycles. The van der Waals surface area contributed by atoms with E-state index in [0.29, 0.717) is 17.7 Å². The molecule has 0 spiro atoms. The Labute approximate surface area is 81.9 Å². The van der Waals surface area contributed by atoms with Crippen molar-refractivity contribution in [3.8, 4) is 11.8 Å². The number of anilines is 1. The van der Waals surface area contributed by atoms with E-state index in [1.165, 1.54) is 14.2 Å². The lowest BCUT2D eigenvalue weighted by Crippen LogP contribution is -2.09. The summed E-state index contributed by atoms with van der Waals surface area (Å²) >= 11 is 0. The van der Waals surface area contributed by atoms with E-state index in [1.807, 2.05) is 0 Å². The Hall–Kier alpha value is -1.56. The van der Waals surface area contributed by atoms with Crippen LogP contribution in [0.25, 0.3) is 0 Å². The topological polar surface area (TPSA) is 76.2 Å². The fraction of sp³-hybridized carbons (Fsp3) is 0.500. The van der Waals surface area contributed by atoms with Crippen LogP contribution in [-0.4, -0.2) is 37.3 Å². The van der Waals surface area contributed by atoms with Crippen LogP contribution in [-0.2, 0) is 5.11 Å². The maximum absolute atomic E-state index is 10.2. The van der Waals surface area contributed by atoms with Gasteiger partial charge in [-0.25, -0.2) is 5.11 Å². The van der Waals surface area contributed by atoms with Gasteiger partial charge in [-0.15, -0.1) is 0 Å². The Kier molecular flexibility index (Phi) is 3.93. The molecule has 0 aliphatic carbocycles. The predicted octanol–water partition coefficient (Wildman–Crippen LogP) is 0.336. The molecule has 14 heavy (non-hydrogen) atoms. The molecule has 0 amide bonds. The molecule has 6 nitrogen and oxygen atoms in total. The fourth-order valence-electron chi connectivity index (χ4n) is 0.855. The van der Waals surface area contributed by atoms with Gasteiger partial charge in [-0.2, -0.15) is 9.97 Å². The highest BCUT2D eigenvalue weighted by atomic mass is 16.5. The van der Waals surface area contributed by atoms with Gasteiger partial charge in [0.15, 0.2) is 0 Å². The maximum Gasteiger partial charge on any atom is 0.229 e.